The zero-order valence-electron chi connectivity index (χ0n) is 15.0. The Morgan fingerprint density at radius 3 is 2.64 bits per heavy atom. The Hall–Kier alpha value is -2.62. The molecule has 1 aliphatic carbocycles. The van der Waals surface area contributed by atoms with Crippen LogP contribution in [0.5, 0.6) is 0 Å². The van der Waals surface area contributed by atoms with Crippen LogP contribution in [-0.2, 0) is 6.42 Å². The predicted octanol–water partition coefficient (Wildman–Crippen LogP) is 4.18. The average molecular weight is 333 g/mol. The van der Waals surface area contributed by atoms with E-state index >= 15 is 0 Å². The Balaban J connectivity index is 2.15. The Bertz CT molecular complexity index is 1020. The summed E-state index contributed by atoms with van der Waals surface area (Å²) in [6.45, 7) is 4.19. The number of para-hydroxylation sites is 1. The SMILES string of the molecule is CCc1cc(C2CC2)cc2c1c(NC)nc(=O)n2-c1ccccc1C. The Labute approximate surface area is 147 Å². The maximum Gasteiger partial charge on any atom is 0.354 e. The topological polar surface area (TPSA) is 46.9 Å². The van der Waals surface area contributed by atoms with Gasteiger partial charge in [0, 0.05) is 12.4 Å². The number of aromatic nitrogens is 2. The van der Waals surface area contributed by atoms with Crippen LogP contribution in [0.1, 0.15) is 42.4 Å². The van der Waals surface area contributed by atoms with E-state index in [2.05, 4.69) is 29.4 Å². The van der Waals surface area contributed by atoms with Crippen LogP contribution in [0.2, 0.25) is 0 Å². The van der Waals surface area contributed by atoms with E-state index in [1.165, 1.54) is 24.0 Å². The van der Waals surface area contributed by atoms with Gasteiger partial charge in [0.2, 0.25) is 0 Å². The fourth-order valence-corrected chi connectivity index (χ4v) is 3.62. The molecule has 1 N–H and O–H groups in total. The first kappa shape index (κ1) is 15.9. The van der Waals surface area contributed by atoms with E-state index in [9.17, 15) is 4.79 Å². The third-order valence-corrected chi connectivity index (χ3v) is 5.12. The van der Waals surface area contributed by atoms with Gasteiger partial charge in [-0.25, -0.2) is 4.79 Å². The molecular formula is C21H23N3O. The van der Waals surface area contributed by atoms with Gasteiger partial charge < -0.3 is 5.32 Å². The molecule has 4 heteroatoms. The van der Waals surface area contributed by atoms with Crippen molar-refractivity contribution in [2.24, 2.45) is 0 Å². The van der Waals surface area contributed by atoms with Gasteiger partial charge in [-0.15, -0.1) is 0 Å². The molecule has 4 rings (SSSR count). The van der Waals surface area contributed by atoms with Gasteiger partial charge in [-0.3, -0.25) is 4.57 Å². The smallest absolute Gasteiger partial charge is 0.354 e. The van der Waals surface area contributed by atoms with Gasteiger partial charge in [-0.2, -0.15) is 4.98 Å². The van der Waals surface area contributed by atoms with Crippen molar-refractivity contribution >= 4 is 16.7 Å². The quantitative estimate of drug-likeness (QED) is 0.779. The second-order valence-electron chi connectivity index (χ2n) is 6.82. The number of rotatable bonds is 4. The van der Waals surface area contributed by atoms with Gasteiger partial charge in [0.1, 0.15) is 5.82 Å². The molecule has 128 valence electrons. The van der Waals surface area contributed by atoms with Crippen LogP contribution < -0.4 is 11.0 Å². The van der Waals surface area contributed by atoms with E-state index in [4.69, 9.17) is 0 Å². The third kappa shape index (κ3) is 2.62. The van der Waals surface area contributed by atoms with Crippen molar-refractivity contribution in [1.29, 1.82) is 0 Å². The molecule has 0 unspecified atom stereocenters. The molecule has 0 aliphatic heterocycles. The van der Waals surface area contributed by atoms with E-state index in [0.29, 0.717) is 11.7 Å². The lowest BCUT2D eigenvalue weighted by atomic mass is 9.99. The number of hydrogen-bond acceptors (Lipinski definition) is 3. The number of benzene rings is 2. The normalized spacial score (nSPS) is 14.0. The first-order valence-corrected chi connectivity index (χ1v) is 8.97. The van der Waals surface area contributed by atoms with Crippen LogP contribution in [0, 0.1) is 6.92 Å². The lowest BCUT2D eigenvalue weighted by molar-refractivity contribution is 0.945. The lowest BCUT2D eigenvalue weighted by Crippen LogP contribution is -2.24. The summed E-state index contributed by atoms with van der Waals surface area (Å²) in [5, 5.41) is 4.17. The first-order valence-electron chi connectivity index (χ1n) is 8.97. The van der Waals surface area contributed by atoms with E-state index < -0.39 is 0 Å². The van der Waals surface area contributed by atoms with Crippen LogP contribution >= 0.6 is 0 Å². The molecule has 0 saturated heterocycles. The monoisotopic (exact) mass is 333 g/mol. The van der Waals surface area contributed by atoms with E-state index in [0.717, 1.165) is 28.6 Å². The van der Waals surface area contributed by atoms with E-state index in [-0.39, 0.29) is 5.69 Å². The molecule has 0 spiro atoms. The second kappa shape index (κ2) is 6.03. The highest BCUT2D eigenvalue weighted by Crippen LogP contribution is 2.42. The minimum Gasteiger partial charge on any atom is -0.372 e. The van der Waals surface area contributed by atoms with Gasteiger partial charge in [0.05, 0.1) is 11.2 Å². The van der Waals surface area contributed by atoms with Crippen molar-refractivity contribution in [2.45, 2.75) is 39.0 Å². The Morgan fingerprint density at radius 1 is 1.24 bits per heavy atom. The summed E-state index contributed by atoms with van der Waals surface area (Å²) >= 11 is 0. The lowest BCUT2D eigenvalue weighted by Gasteiger charge is -2.18. The van der Waals surface area contributed by atoms with Gasteiger partial charge in [-0.1, -0.05) is 31.2 Å². The molecule has 0 atom stereocenters. The fourth-order valence-electron chi connectivity index (χ4n) is 3.62. The third-order valence-electron chi connectivity index (χ3n) is 5.12. The van der Waals surface area contributed by atoms with Crippen LogP contribution in [0.15, 0.2) is 41.2 Å². The Kier molecular flexibility index (Phi) is 3.83. The maximum absolute atomic E-state index is 12.9. The minimum absolute atomic E-state index is 0.235. The maximum atomic E-state index is 12.9. The molecule has 4 nitrogen and oxygen atoms in total. The second-order valence-corrected chi connectivity index (χ2v) is 6.82. The molecule has 3 aromatic rings. The number of nitrogens with zero attached hydrogens (tertiary/aromatic N) is 2. The first-order chi connectivity index (χ1) is 12.1. The molecule has 25 heavy (non-hydrogen) atoms. The number of nitrogens with one attached hydrogen (secondary N) is 1. The van der Waals surface area contributed by atoms with Crippen molar-refractivity contribution in [2.75, 3.05) is 12.4 Å². The summed E-state index contributed by atoms with van der Waals surface area (Å²) in [5.41, 5.74) is 5.29. The highest BCUT2D eigenvalue weighted by Gasteiger charge is 2.26. The number of hydrogen-bond donors (Lipinski definition) is 1. The summed E-state index contributed by atoms with van der Waals surface area (Å²) in [4.78, 5) is 17.2. The van der Waals surface area contributed by atoms with Crippen molar-refractivity contribution < 1.29 is 0 Å². The zero-order chi connectivity index (χ0) is 17.6. The predicted molar refractivity (Wildman–Crippen MR) is 103 cm³/mol. The zero-order valence-corrected chi connectivity index (χ0v) is 15.0. The summed E-state index contributed by atoms with van der Waals surface area (Å²) in [7, 11) is 1.83. The molecular weight excluding hydrogens is 310 g/mol. The molecule has 1 saturated carbocycles. The Morgan fingerprint density at radius 2 is 2.00 bits per heavy atom. The van der Waals surface area contributed by atoms with Crippen LogP contribution in [0.25, 0.3) is 16.6 Å². The molecule has 2 aromatic carbocycles. The molecule has 1 aliphatic rings. The molecule has 1 fully saturated rings. The van der Waals surface area contributed by atoms with Crippen LogP contribution in [0.3, 0.4) is 0 Å². The molecule has 1 aromatic heterocycles. The number of aryl methyl sites for hydroxylation is 2. The summed E-state index contributed by atoms with van der Waals surface area (Å²) in [6, 6.07) is 12.5. The van der Waals surface area contributed by atoms with E-state index in [1.807, 2.05) is 38.2 Å². The standard InChI is InChI=1S/C21H23N3O/c1-4-14-11-16(15-9-10-15)12-18-19(14)20(22-3)23-21(25)24(18)17-8-6-5-7-13(17)2/h5-8,11-12,15H,4,9-10H2,1-3H3,(H,22,23,25). The van der Waals surface area contributed by atoms with Gasteiger partial charge in [0.15, 0.2) is 0 Å². The average Bonchev–Trinajstić information content (AvgIpc) is 3.46. The van der Waals surface area contributed by atoms with Crippen molar-refractivity contribution in [3.05, 3.63) is 63.6 Å². The van der Waals surface area contributed by atoms with Crippen LogP contribution in [0.4, 0.5) is 5.82 Å². The summed E-state index contributed by atoms with van der Waals surface area (Å²) in [6.07, 6.45) is 3.40. The highest BCUT2D eigenvalue weighted by molar-refractivity contribution is 5.94. The van der Waals surface area contributed by atoms with Crippen molar-refractivity contribution in [3.63, 3.8) is 0 Å². The number of anilines is 1. The van der Waals surface area contributed by atoms with Gasteiger partial charge in [-0.05, 0) is 60.9 Å². The molecule has 0 amide bonds. The fraction of sp³-hybridized carbons (Fsp3) is 0.333. The highest BCUT2D eigenvalue weighted by atomic mass is 16.1. The summed E-state index contributed by atoms with van der Waals surface area (Å²) in [5.74, 6) is 1.31. The minimum atomic E-state index is -0.235. The summed E-state index contributed by atoms with van der Waals surface area (Å²) < 4.78 is 1.77. The van der Waals surface area contributed by atoms with E-state index in [1.54, 1.807) is 4.57 Å². The van der Waals surface area contributed by atoms with Crippen LogP contribution in [-0.4, -0.2) is 16.6 Å². The van der Waals surface area contributed by atoms with Gasteiger partial charge in [0.25, 0.3) is 0 Å². The van der Waals surface area contributed by atoms with Crippen molar-refractivity contribution in [3.8, 4) is 5.69 Å². The molecule has 0 bridgehead atoms. The molecule has 1 heterocycles. The van der Waals surface area contributed by atoms with Gasteiger partial charge >= 0.3 is 5.69 Å². The number of fused-ring (bicyclic) bond motifs is 1. The largest absolute Gasteiger partial charge is 0.372 e. The molecule has 0 radical (unpaired) electrons. The van der Waals surface area contributed by atoms with Crippen molar-refractivity contribution in [1.82, 2.24) is 9.55 Å².